The van der Waals surface area contributed by atoms with Gasteiger partial charge < -0.3 is 5.32 Å². The Hall–Kier alpha value is -0.0400. The Bertz CT molecular complexity index is 97.0. The molecular weight excluding hydrogens is 134 g/mol. The second-order valence-corrected chi connectivity index (χ2v) is 3.84. The van der Waals surface area contributed by atoms with Gasteiger partial charge in [-0.1, -0.05) is 34.6 Å². The van der Waals surface area contributed by atoms with Crippen molar-refractivity contribution in [1.29, 1.82) is 0 Å². The van der Waals surface area contributed by atoms with Gasteiger partial charge in [0.15, 0.2) is 0 Å². The van der Waals surface area contributed by atoms with Crippen LogP contribution in [0.1, 0.15) is 41.0 Å². The summed E-state index contributed by atoms with van der Waals surface area (Å²) in [6, 6.07) is 0. The van der Waals surface area contributed by atoms with Gasteiger partial charge in [0.05, 0.1) is 0 Å². The van der Waals surface area contributed by atoms with Crippen molar-refractivity contribution in [1.82, 2.24) is 5.32 Å². The molecule has 1 aliphatic heterocycles. The van der Waals surface area contributed by atoms with Crippen LogP contribution < -0.4 is 5.32 Å². The molecule has 1 aliphatic rings. The third-order valence-electron chi connectivity index (χ3n) is 2.73. The Morgan fingerprint density at radius 3 is 2.09 bits per heavy atom. The third kappa shape index (κ3) is 3.24. The Kier molecular flexibility index (Phi) is 4.74. The van der Waals surface area contributed by atoms with Crippen molar-refractivity contribution in [3.63, 3.8) is 0 Å². The summed E-state index contributed by atoms with van der Waals surface area (Å²) < 4.78 is 0. The topological polar surface area (TPSA) is 12.0 Å². The fraction of sp³-hybridized carbons (Fsp3) is 1.00. The van der Waals surface area contributed by atoms with Crippen molar-refractivity contribution in [2.45, 2.75) is 41.0 Å². The number of hydrogen-bond donors (Lipinski definition) is 1. The molecule has 1 unspecified atom stereocenters. The van der Waals surface area contributed by atoms with E-state index in [1.165, 1.54) is 19.5 Å². The minimum absolute atomic E-state index is 0.575. The highest BCUT2D eigenvalue weighted by Gasteiger charge is 2.27. The van der Waals surface area contributed by atoms with E-state index in [2.05, 4.69) is 26.1 Å². The van der Waals surface area contributed by atoms with Crippen molar-refractivity contribution in [2.24, 2.45) is 11.3 Å². The van der Waals surface area contributed by atoms with Crippen LogP contribution in [0.15, 0.2) is 0 Å². The lowest BCUT2D eigenvalue weighted by Crippen LogP contribution is -2.40. The maximum atomic E-state index is 3.39. The van der Waals surface area contributed by atoms with Crippen LogP contribution in [0.5, 0.6) is 0 Å². The average Bonchev–Trinajstić information content (AvgIpc) is 2.00. The van der Waals surface area contributed by atoms with Crippen LogP contribution in [0.4, 0.5) is 0 Å². The van der Waals surface area contributed by atoms with E-state index in [4.69, 9.17) is 0 Å². The van der Waals surface area contributed by atoms with Gasteiger partial charge in [0, 0.05) is 0 Å². The first-order valence-corrected chi connectivity index (χ1v) is 4.83. The van der Waals surface area contributed by atoms with E-state index in [9.17, 15) is 0 Å². The Balaban J connectivity index is 0.000000461. The van der Waals surface area contributed by atoms with E-state index >= 15 is 0 Å². The van der Waals surface area contributed by atoms with E-state index < -0.39 is 0 Å². The fourth-order valence-corrected chi connectivity index (χ4v) is 1.25. The van der Waals surface area contributed by atoms with Gasteiger partial charge in [-0.3, -0.25) is 0 Å². The molecule has 0 saturated carbocycles. The Morgan fingerprint density at radius 1 is 1.27 bits per heavy atom. The maximum Gasteiger partial charge on any atom is -0.00180 e. The molecule has 68 valence electrons. The molecule has 0 radical (unpaired) electrons. The van der Waals surface area contributed by atoms with Crippen molar-refractivity contribution < 1.29 is 0 Å². The molecule has 0 bridgehead atoms. The molecule has 1 fully saturated rings. The summed E-state index contributed by atoms with van der Waals surface area (Å²) in [5.74, 6) is 0.839. The molecule has 1 heterocycles. The average molecular weight is 157 g/mol. The summed E-state index contributed by atoms with van der Waals surface area (Å²) in [5, 5.41) is 3.39. The van der Waals surface area contributed by atoms with Crippen LogP contribution in [-0.4, -0.2) is 13.1 Å². The molecule has 0 aromatic heterocycles. The van der Waals surface area contributed by atoms with Gasteiger partial charge in [0.1, 0.15) is 0 Å². The summed E-state index contributed by atoms with van der Waals surface area (Å²) in [4.78, 5) is 0. The lowest BCUT2D eigenvalue weighted by molar-refractivity contribution is 0.169. The van der Waals surface area contributed by atoms with Crippen molar-refractivity contribution in [3.8, 4) is 0 Å². The van der Waals surface area contributed by atoms with Gasteiger partial charge in [0.2, 0.25) is 0 Å². The second kappa shape index (κ2) is 4.76. The molecule has 1 saturated heterocycles. The zero-order valence-electron chi connectivity index (χ0n) is 8.70. The molecule has 1 atom stereocenters. The first kappa shape index (κ1) is 11.0. The van der Waals surface area contributed by atoms with Crippen molar-refractivity contribution >= 4 is 0 Å². The van der Waals surface area contributed by atoms with E-state index in [0.717, 1.165) is 5.92 Å². The molecule has 0 spiro atoms. The molecule has 0 aliphatic carbocycles. The standard InChI is InChI=1S/C8H17N.C2H6/c1-7-6-9-5-4-8(7,2)3;1-2/h7,9H,4-6H2,1-3H3;1-2H3. The first-order valence-electron chi connectivity index (χ1n) is 4.83. The summed E-state index contributed by atoms with van der Waals surface area (Å²) in [6.45, 7) is 13.5. The Morgan fingerprint density at radius 2 is 1.82 bits per heavy atom. The van der Waals surface area contributed by atoms with E-state index in [-0.39, 0.29) is 0 Å². The van der Waals surface area contributed by atoms with Crippen LogP contribution in [0, 0.1) is 11.3 Å². The molecule has 0 amide bonds. The number of nitrogens with one attached hydrogen (secondary N) is 1. The molecule has 1 rings (SSSR count). The fourth-order valence-electron chi connectivity index (χ4n) is 1.25. The maximum absolute atomic E-state index is 3.39. The zero-order chi connectivity index (χ0) is 8.91. The largest absolute Gasteiger partial charge is 0.316 e. The van der Waals surface area contributed by atoms with E-state index in [0.29, 0.717) is 5.41 Å². The number of hydrogen-bond acceptors (Lipinski definition) is 1. The molecule has 11 heavy (non-hydrogen) atoms. The minimum atomic E-state index is 0.575. The van der Waals surface area contributed by atoms with Gasteiger partial charge in [0.25, 0.3) is 0 Å². The minimum Gasteiger partial charge on any atom is -0.316 e. The number of piperidine rings is 1. The third-order valence-corrected chi connectivity index (χ3v) is 2.73. The Labute approximate surface area is 71.6 Å². The predicted molar refractivity (Wildman–Crippen MR) is 51.8 cm³/mol. The molecule has 1 N–H and O–H groups in total. The smallest absolute Gasteiger partial charge is 0.00180 e. The zero-order valence-corrected chi connectivity index (χ0v) is 8.70. The normalized spacial score (nSPS) is 28.6. The summed E-state index contributed by atoms with van der Waals surface area (Å²) in [7, 11) is 0. The van der Waals surface area contributed by atoms with Gasteiger partial charge in [-0.2, -0.15) is 0 Å². The SMILES string of the molecule is CC.CC1CNCCC1(C)C. The van der Waals surface area contributed by atoms with Crippen LogP contribution in [-0.2, 0) is 0 Å². The number of rotatable bonds is 0. The second-order valence-electron chi connectivity index (χ2n) is 3.84. The van der Waals surface area contributed by atoms with Crippen LogP contribution in [0.25, 0.3) is 0 Å². The molecule has 0 aromatic rings. The van der Waals surface area contributed by atoms with Gasteiger partial charge in [-0.05, 0) is 30.8 Å². The van der Waals surface area contributed by atoms with E-state index in [1.54, 1.807) is 0 Å². The lowest BCUT2D eigenvalue weighted by Gasteiger charge is -2.36. The van der Waals surface area contributed by atoms with Crippen molar-refractivity contribution in [3.05, 3.63) is 0 Å². The van der Waals surface area contributed by atoms with E-state index in [1.807, 2.05) is 13.8 Å². The first-order chi connectivity index (χ1) is 5.13. The van der Waals surface area contributed by atoms with Gasteiger partial charge in [-0.15, -0.1) is 0 Å². The van der Waals surface area contributed by atoms with Crippen LogP contribution in [0.3, 0.4) is 0 Å². The highest BCUT2D eigenvalue weighted by atomic mass is 14.9. The quantitative estimate of drug-likeness (QED) is 0.570. The summed E-state index contributed by atoms with van der Waals surface area (Å²) in [5.41, 5.74) is 0.575. The molecule has 1 nitrogen and oxygen atoms in total. The van der Waals surface area contributed by atoms with Crippen LogP contribution in [0.2, 0.25) is 0 Å². The van der Waals surface area contributed by atoms with Crippen LogP contribution >= 0.6 is 0 Å². The monoisotopic (exact) mass is 157 g/mol. The van der Waals surface area contributed by atoms with Gasteiger partial charge in [-0.25, -0.2) is 0 Å². The molecular formula is C10H23N. The van der Waals surface area contributed by atoms with Gasteiger partial charge >= 0.3 is 0 Å². The summed E-state index contributed by atoms with van der Waals surface area (Å²) >= 11 is 0. The predicted octanol–water partition coefficient (Wildman–Crippen LogP) is 2.67. The molecule has 1 heteroatoms. The highest BCUT2D eigenvalue weighted by Crippen LogP contribution is 2.31. The molecule has 0 aromatic carbocycles. The summed E-state index contributed by atoms with van der Waals surface area (Å²) in [6.07, 6.45) is 1.33. The highest BCUT2D eigenvalue weighted by molar-refractivity contribution is 4.81. The van der Waals surface area contributed by atoms with Crippen molar-refractivity contribution in [2.75, 3.05) is 13.1 Å². The lowest BCUT2D eigenvalue weighted by atomic mass is 9.75.